The molecule has 0 N–H and O–H groups in total. The SMILES string of the molecule is COc1ccc(CN2C(=O)c3c(Cl)cc(-n4ccc5cncnc54)cc3C2(C)C)cc1. The molecule has 0 spiro atoms. The zero-order valence-electron chi connectivity index (χ0n) is 17.5. The molecule has 5 rings (SSSR count). The van der Waals surface area contributed by atoms with Gasteiger partial charge in [0, 0.05) is 30.0 Å². The number of benzene rings is 2. The molecule has 156 valence electrons. The van der Waals surface area contributed by atoms with Crippen molar-refractivity contribution >= 4 is 28.5 Å². The molecular weight excluding hydrogens is 412 g/mol. The first kappa shape index (κ1) is 19.6. The van der Waals surface area contributed by atoms with Crippen molar-refractivity contribution in [3.63, 3.8) is 0 Å². The Kier molecular flexibility index (Phi) is 4.48. The smallest absolute Gasteiger partial charge is 0.256 e. The first-order chi connectivity index (χ1) is 14.9. The first-order valence-electron chi connectivity index (χ1n) is 9.96. The monoisotopic (exact) mass is 432 g/mol. The van der Waals surface area contributed by atoms with Gasteiger partial charge < -0.3 is 14.2 Å². The fourth-order valence-corrected chi connectivity index (χ4v) is 4.53. The van der Waals surface area contributed by atoms with Crippen LogP contribution in [0.25, 0.3) is 16.7 Å². The normalized spacial score (nSPS) is 14.8. The zero-order chi connectivity index (χ0) is 21.8. The van der Waals surface area contributed by atoms with Gasteiger partial charge in [-0.05, 0) is 55.3 Å². The second-order valence-electron chi connectivity index (χ2n) is 8.14. The summed E-state index contributed by atoms with van der Waals surface area (Å²) in [6.45, 7) is 4.59. The fourth-order valence-electron chi connectivity index (χ4n) is 4.24. The molecule has 0 atom stereocenters. The Morgan fingerprint density at radius 2 is 1.90 bits per heavy atom. The third-order valence-corrected chi connectivity index (χ3v) is 6.29. The third kappa shape index (κ3) is 3.06. The molecule has 1 amide bonds. The highest BCUT2D eigenvalue weighted by Crippen LogP contribution is 2.44. The number of hydrogen-bond donors (Lipinski definition) is 0. The number of carbonyl (C=O) groups excluding carboxylic acids is 1. The summed E-state index contributed by atoms with van der Waals surface area (Å²) in [5.74, 6) is 0.724. The van der Waals surface area contributed by atoms with Crippen molar-refractivity contribution in [3.05, 3.63) is 82.9 Å². The predicted octanol–water partition coefficient (Wildman–Crippen LogP) is 4.97. The van der Waals surface area contributed by atoms with E-state index in [0.29, 0.717) is 17.1 Å². The van der Waals surface area contributed by atoms with Crippen molar-refractivity contribution in [1.82, 2.24) is 19.4 Å². The number of nitrogens with zero attached hydrogens (tertiary/aromatic N) is 4. The fraction of sp³-hybridized carbons (Fsp3) is 0.208. The Balaban J connectivity index is 1.57. The number of carbonyl (C=O) groups is 1. The van der Waals surface area contributed by atoms with Gasteiger partial charge in [0.25, 0.3) is 5.91 Å². The summed E-state index contributed by atoms with van der Waals surface area (Å²) >= 11 is 6.66. The highest BCUT2D eigenvalue weighted by Gasteiger charge is 2.44. The van der Waals surface area contributed by atoms with E-state index in [2.05, 4.69) is 23.8 Å². The summed E-state index contributed by atoms with van der Waals surface area (Å²) in [4.78, 5) is 23.7. The molecule has 4 aromatic rings. The standard InChI is InChI=1S/C24H21ClN4O2/c1-24(2)19-10-17(28-9-8-16-12-26-14-27-22(16)28)11-20(25)21(19)23(30)29(24)13-15-4-6-18(31-3)7-5-15/h4-12,14H,13H2,1-3H3. The van der Waals surface area contributed by atoms with E-state index in [0.717, 1.165) is 33.6 Å². The van der Waals surface area contributed by atoms with Crippen LogP contribution in [0.3, 0.4) is 0 Å². The number of methoxy groups -OCH3 is 1. The Hall–Kier alpha value is -3.38. The second kappa shape index (κ2) is 7.10. The summed E-state index contributed by atoms with van der Waals surface area (Å²) in [7, 11) is 1.64. The molecule has 0 radical (unpaired) electrons. The molecule has 1 aliphatic heterocycles. The lowest BCUT2D eigenvalue weighted by Gasteiger charge is -2.32. The van der Waals surface area contributed by atoms with Gasteiger partial charge in [0.05, 0.1) is 23.2 Å². The maximum Gasteiger partial charge on any atom is 0.256 e. The first-order valence-corrected chi connectivity index (χ1v) is 10.3. The van der Waals surface area contributed by atoms with Crippen LogP contribution in [0.1, 0.15) is 35.3 Å². The van der Waals surface area contributed by atoms with Gasteiger partial charge >= 0.3 is 0 Å². The van der Waals surface area contributed by atoms with Gasteiger partial charge in [-0.2, -0.15) is 0 Å². The lowest BCUT2D eigenvalue weighted by Crippen LogP contribution is -2.38. The topological polar surface area (TPSA) is 60.2 Å². The molecule has 3 heterocycles. The van der Waals surface area contributed by atoms with Crippen molar-refractivity contribution in [1.29, 1.82) is 0 Å². The molecule has 2 aromatic heterocycles. The van der Waals surface area contributed by atoms with Gasteiger partial charge in [0.2, 0.25) is 0 Å². The number of hydrogen-bond acceptors (Lipinski definition) is 4. The van der Waals surface area contributed by atoms with Crippen LogP contribution in [0.2, 0.25) is 5.02 Å². The van der Waals surface area contributed by atoms with Crippen LogP contribution in [0, 0.1) is 0 Å². The Bertz CT molecular complexity index is 1310. The minimum absolute atomic E-state index is 0.0629. The zero-order valence-corrected chi connectivity index (χ0v) is 18.2. The Morgan fingerprint density at radius 1 is 1.13 bits per heavy atom. The van der Waals surface area contributed by atoms with E-state index < -0.39 is 5.54 Å². The largest absolute Gasteiger partial charge is 0.497 e. The van der Waals surface area contributed by atoms with Crippen LogP contribution in [0.5, 0.6) is 5.75 Å². The number of aromatic nitrogens is 3. The van der Waals surface area contributed by atoms with Gasteiger partial charge in [-0.25, -0.2) is 9.97 Å². The van der Waals surface area contributed by atoms with Crippen LogP contribution >= 0.6 is 11.6 Å². The molecule has 7 heteroatoms. The summed E-state index contributed by atoms with van der Waals surface area (Å²) in [6.07, 6.45) is 5.24. The molecule has 0 fully saturated rings. The Morgan fingerprint density at radius 3 is 2.65 bits per heavy atom. The van der Waals surface area contributed by atoms with Gasteiger partial charge in [-0.15, -0.1) is 0 Å². The number of ether oxygens (including phenoxy) is 1. The number of amides is 1. The van der Waals surface area contributed by atoms with E-state index in [9.17, 15) is 4.79 Å². The quantitative estimate of drug-likeness (QED) is 0.456. The summed E-state index contributed by atoms with van der Waals surface area (Å²) in [5, 5.41) is 1.38. The van der Waals surface area contributed by atoms with E-state index in [1.807, 2.05) is 58.1 Å². The maximum atomic E-state index is 13.4. The third-order valence-electron chi connectivity index (χ3n) is 6.00. The van der Waals surface area contributed by atoms with Crippen molar-refractivity contribution in [2.24, 2.45) is 0 Å². The average Bonchev–Trinajstić information content (AvgIpc) is 3.28. The van der Waals surface area contributed by atoms with Gasteiger partial charge in [-0.3, -0.25) is 4.79 Å². The lowest BCUT2D eigenvalue weighted by molar-refractivity contribution is 0.0595. The van der Waals surface area contributed by atoms with E-state index >= 15 is 0 Å². The van der Waals surface area contributed by atoms with E-state index in [4.69, 9.17) is 16.3 Å². The van der Waals surface area contributed by atoms with Gasteiger partial charge in [0.1, 0.15) is 17.7 Å². The van der Waals surface area contributed by atoms with Crippen molar-refractivity contribution in [3.8, 4) is 11.4 Å². The second-order valence-corrected chi connectivity index (χ2v) is 8.54. The highest BCUT2D eigenvalue weighted by molar-refractivity contribution is 6.34. The number of rotatable bonds is 4. The summed E-state index contributed by atoms with van der Waals surface area (Å²) in [5.41, 5.74) is 3.64. The van der Waals surface area contributed by atoms with Crippen LogP contribution in [0.15, 0.2) is 61.2 Å². The lowest BCUT2D eigenvalue weighted by atomic mass is 9.93. The van der Waals surface area contributed by atoms with E-state index in [1.54, 1.807) is 13.3 Å². The molecule has 0 unspecified atom stereocenters. The molecule has 0 saturated carbocycles. The molecule has 0 saturated heterocycles. The van der Waals surface area contributed by atoms with Crippen molar-refractivity contribution < 1.29 is 9.53 Å². The van der Waals surface area contributed by atoms with E-state index in [1.165, 1.54) is 6.33 Å². The minimum atomic E-state index is -0.524. The van der Waals surface area contributed by atoms with Crippen molar-refractivity contribution in [2.45, 2.75) is 25.9 Å². The molecule has 31 heavy (non-hydrogen) atoms. The van der Waals surface area contributed by atoms with Crippen LogP contribution in [-0.4, -0.2) is 32.5 Å². The average molecular weight is 433 g/mol. The highest BCUT2D eigenvalue weighted by atomic mass is 35.5. The van der Waals surface area contributed by atoms with E-state index in [-0.39, 0.29) is 5.91 Å². The van der Waals surface area contributed by atoms with Crippen LogP contribution in [0.4, 0.5) is 0 Å². The van der Waals surface area contributed by atoms with Crippen LogP contribution in [-0.2, 0) is 12.1 Å². The molecule has 1 aliphatic rings. The summed E-state index contributed by atoms with van der Waals surface area (Å²) in [6, 6.07) is 13.6. The summed E-state index contributed by atoms with van der Waals surface area (Å²) < 4.78 is 7.21. The molecule has 0 bridgehead atoms. The molecule has 6 nitrogen and oxygen atoms in total. The minimum Gasteiger partial charge on any atom is -0.497 e. The van der Waals surface area contributed by atoms with Gasteiger partial charge in [-0.1, -0.05) is 23.7 Å². The van der Waals surface area contributed by atoms with Crippen LogP contribution < -0.4 is 4.74 Å². The molecular formula is C24H21ClN4O2. The molecule has 0 aliphatic carbocycles. The predicted molar refractivity (Wildman–Crippen MR) is 120 cm³/mol. The number of fused-ring (bicyclic) bond motifs is 2. The molecule has 2 aromatic carbocycles. The van der Waals surface area contributed by atoms with Crippen molar-refractivity contribution in [2.75, 3.05) is 7.11 Å². The maximum absolute atomic E-state index is 13.4. The number of halogens is 1. The Labute approximate surface area is 185 Å². The van der Waals surface area contributed by atoms with Gasteiger partial charge in [0.15, 0.2) is 0 Å².